The molecule has 0 radical (unpaired) electrons. The van der Waals surface area contributed by atoms with Crippen molar-refractivity contribution < 1.29 is 14.7 Å². The van der Waals surface area contributed by atoms with Crippen LogP contribution in [0.4, 0.5) is 0 Å². The lowest BCUT2D eigenvalue weighted by Gasteiger charge is -2.51. The zero-order valence-electron chi connectivity index (χ0n) is 17.8. The number of piperidine rings is 1. The van der Waals surface area contributed by atoms with E-state index in [1.807, 2.05) is 45.2 Å². The van der Waals surface area contributed by atoms with Gasteiger partial charge in [-0.15, -0.1) is 0 Å². The first kappa shape index (κ1) is 22.8. The number of carbonyl (C=O) groups is 2. The number of nitrogens with one attached hydrogen (secondary N) is 1. The first-order chi connectivity index (χ1) is 14.0. The fourth-order valence-corrected chi connectivity index (χ4v) is 4.86. The third kappa shape index (κ3) is 4.41. The molecule has 0 unspecified atom stereocenters. The highest BCUT2D eigenvalue weighted by atomic mass is 35.5. The average Bonchev–Trinajstić information content (AvgIpc) is 3.22. The summed E-state index contributed by atoms with van der Waals surface area (Å²) in [6.45, 7) is 8.59. The van der Waals surface area contributed by atoms with Crippen molar-refractivity contribution >= 4 is 34.8 Å². The summed E-state index contributed by atoms with van der Waals surface area (Å²) >= 11 is 7.45. The largest absolute Gasteiger partial charge is 0.384 e. The Morgan fingerprint density at radius 3 is 2.40 bits per heavy atom. The molecule has 0 aliphatic carbocycles. The van der Waals surface area contributed by atoms with E-state index in [4.69, 9.17) is 11.6 Å². The number of benzene rings is 1. The normalized spacial score (nSPS) is 22.0. The minimum atomic E-state index is -1.07. The predicted octanol–water partition coefficient (Wildman–Crippen LogP) is 4.30. The van der Waals surface area contributed by atoms with E-state index in [1.165, 1.54) is 11.3 Å². The Labute approximate surface area is 187 Å². The van der Waals surface area contributed by atoms with E-state index in [0.717, 1.165) is 5.56 Å². The standard InChI is InChI=1S/C23H29ClN2O3S/c1-15(2)19(25-20(27)16-9-12-30-13-16)21(28)26-11-10-23(29,22(3,4)14-26)17-5-7-18(24)8-6-17/h5-9,12-13,15,19,29H,10-11,14H2,1-4H3,(H,25,27)/t19-,23+/m1/s1. The molecule has 0 spiro atoms. The highest BCUT2D eigenvalue weighted by molar-refractivity contribution is 7.08. The van der Waals surface area contributed by atoms with Crippen LogP contribution in [-0.2, 0) is 10.4 Å². The van der Waals surface area contributed by atoms with E-state index >= 15 is 0 Å². The molecule has 0 bridgehead atoms. The molecule has 2 heterocycles. The zero-order valence-corrected chi connectivity index (χ0v) is 19.4. The van der Waals surface area contributed by atoms with E-state index in [9.17, 15) is 14.7 Å². The second kappa shape index (κ2) is 8.69. The van der Waals surface area contributed by atoms with Crippen LogP contribution >= 0.6 is 22.9 Å². The minimum Gasteiger partial charge on any atom is -0.384 e. The first-order valence-corrected chi connectivity index (χ1v) is 11.5. The molecule has 2 amide bonds. The Morgan fingerprint density at radius 2 is 1.87 bits per heavy atom. The van der Waals surface area contributed by atoms with Crippen molar-refractivity contribution in [3.05, 3.63) is 57.2 Å². The van der Waals surface area contributed by atoms with Gasteiger partial charge in [0, 0.05) is 28.9 Å². The summed E-state index contributed by atoms with van der Waals surface area (Å²) in [5.41, 5.74) is -0.278. The van der Waals surface area contributed by atoms with Gasteiger partial charge in [0.2, 0.25) is 5.91 Å². The molecule has 0 saturated carbocycles. The maximum absolute atomic E-state index is 13.3. The number of nitrogens with zero attached hydrogens (tertiary/aromatic N) is 1. The van der Waals surface area contributed by atoms with Gasteiger partial charge in [0.15, 0.2) is 0 Å². The molecule has 1 aliphatic rings. The average molecular weight is 449 g/mol. The lowest BCUT2D eigenvalue weighted by molar-refractivity contribution is -0.155. The number of amides is 2. The molecular formula is C23H29ClN2O3S. The van der Waals surface area contributed by atoms with Gasteiger partial charge in [-0.25, -0.2) is 0 Å². The van der Waals surface area contributed by atoms with Gasteiger partial charge < -0.3 is 15.3 Å². The smallest absolute Gasteiger partial charge is 0.252 e. The molecule has 2 aromatic rings. The van der Waals surface area contributed by atoms with E-state index in [0.29, 0.717) is 30.1 Å². The molecule has 2 atom stereocenters. The van der Waals surface area contributed by atoms with Crippen molar-refractivity contribution in [2.75, 3.05) is 13.1 Å². The fraction of sp³-hybridized carbons (Fsp3) is 0.478. The Morgan fingerprint density at radius 1 is 1.20 bits per heavy atom. The maximum Gasteiger partial charge on any atom is 0.252 e. The molecular weight excluding hydrogens is 420 g/mol. The van der Waals surface area contributed by atoms with Gasteiger partial charge in [0.1, 0.15) is 6.04 Å². The number of carbonyl (C=O) groups excluding carboxylic acids is 2. The molecule has 7 heteroatoms. The molecule has 1 fully saturated rings. The fourth-order valence-electron chi connectivity index (χ4n) is 4.10. The Balaban J connectivity index is 1.77. The van der Waals surface area contributed by atoms with E-state index < -0.39 is 17.1 Å². The summed E-state index contributed by atoms with van der Waals surface area (Å²) < 4.78 is 0. The van der Waals surface area contributed by atoms with Crippen LogP contribution in [0.1, 0.15) is 50.0 Å². The van der Waals surface area contributed by atoms with Crippen molar-refractivity contribution in [3.8, 4) is 0 Å². The molecule has 30 heavy (non-hydrogen) atoms. The summed E-state index contributed by atoms with van der Waals surface area (Å²) in [4.78, 5) is 27.6. The van der Waals surface area contributed by atoms with Gasteiger partial charge in [-0.1, -0.05) is 51.4 Å². The predicted molar refractivity (Wildman–Crippen MR) is 121 cm³/mol. The van der Waals surface area contributed by atoms with Crippen molar-refractivity contribution in [3.63, 3.8) is 0 Å². The quantitative estimate of drug-likeness (QED) is 0.716. The van der Waals surface area contributed by atoms with Crippen molar-refractivity contribution in [1.82, 2.24) is 10.2 Å². The summed E-state index contributed by atoms with van der Waals surface area (Å²) in [6, 6.07) is 8.38. The molecule has 1 saturated heterocycles. The van der Waals surface area contributed by atoms with Crippen LogP contribution in [0.2, 0.25) is 5.02 Å². The summed E-state index contributed by atoms with van der Waals surface area (Å²) in [5.74, 6) is -0.405. The number of thiophene rings is 1. The number of hydrogen-bond donors (Lipinski definition) is 2. The van der Waals surface area contributed by atoms with E-state index in [1.54, 1.807) is 28.5 Å². The third-order valence-corrected chi connectivity index (χ3v) is 7.02. The van der Waals surface area contributed by atoms with Crippen LogP contribution < -0.4 is 5.32 Å². The van der Waals surface area contributed by atoms with E-state index in [-0.39, 0.29) is 17.7 Å². The summed E-state index contributed by atoms with van der Waals surface area (Å²) in [6.07, 6.45) is 0.413. The summed E-state index contributed by atoms with van der Waals surface area (Å²) in [7, 11) is 0. The van der Waals surface area contributed by atoms with Crippen LogP contribution in [0.15, 0.2) is 41.1 Å². The minimum absolute atomic E-state index is 0.0553. The number of likely N-dealkylation sites (tertiary alicyclic amines) is 1. The number of aliphatic hydroxyl groups is 1. The van der Waals surface area contributed by atoms with Crippen molar-refractivity contribution in [1.29, 1.82) is 0 Å². The molecule has 1 aromatic carbocycles. The number of hydrogen-bond acceptors (Lipinski definition) is 4. The topological polar surface area (TPSA) is 69.6 Å². The van der Waals surface area contributed by atoms with Crippen molar-refractivity contribution in [2.24, 2.45) is 11.3 Å². The van der Waals surface area contributed by atoms with Crippen LogP contribution in [-0.4, -0.2) is 41.0 Å². The summed E-state index contributed by atoms with van der Waals surface area (Å²) in [5, 5.41) is 18.7. The Hall–Kier alpha value is -1.89. The van der Waals surface area contributed by atoms with Gasteiger partial charge in [0.05, 0.1) is 11.2 Å². The molecule has 2 N–H and O–H groups in total. The molecule has 162 valence electrons. The van der Waals surface area contributed by atoms with Gasteiger partial charge >= 0.3 is 0 Å². The van der Waals surface area contributed by atoms with Crippen LogP contribution in [0.5, 0.6) is 0 Å². The molecule has 1 aromatic heterocycles. The van der Waals surface area contributed by atoms with Crippen LogP contribution in [0, 0.1) is 11.3 Å². The lowest BCUT2D eigenvalue weighted by atomic mass is 9.66. The van der Waals surface area contributed by atoms with Gasteiger partial charge in [-0.3, -0.25) is 9.59 Å². The zero-order chi connectivity index (χ0) is 22.1. The van der Waals surface area contributed by atoms with Gasteiger partial charge in [-0.2, -0.15) is 11.3 Å². The molecule has 1 aliphatic heterocycles. The van der Waals surface area contributed by atoms with Gasteiger partial charge in [0.25, 0.3) is 5.91 Å². The first-order valence-electron chi connectivity index (χ1n) is 10.2. The number of halogens is 1. The highest BCUT2D eigenvalue weighted by Gasteiger charge is 2.50. The SMILES string of the molecule is CC(C)[C@@H](NC(=O)c1ccsc1)C(=O)N1CC[C@](O)(c2ccc(Cl)cc2)C(C)(C)C1. The van der Waals surface area contributed by atoms with Crippen LogP contribution in [0.25, 0.3) is 0 Å². The molecule has 3 rings (SSSR count). The van der Waals surface area contributed by atoms with Crippen molar-refractivity contribution in [2.45, 2.75) is 45.8 Å². The molecule has 5 nitrogen and oxygen atoms in total. The van der Waals surface area contributed by atoms with E-state index in [2.05, 4.69) is 5.32 Å². The third-order valence-electron chi connectivity index (χ3n) is 6.09. The second-order valence-corrected chi connectivity index (χ2v) is 10.2. The van der Waals surface area contributed by atoms with Crippen LogP contribution in [0.3, 0.4) is 0 Å². The highest BCUT2D eigenvalue weighted by Crippen LogP contribution is 2.46. The second-order valence-electron chi connectivity index (χ2n) is 8.97. The Bertz CT molecular complexity index is 896. The Kier molecular flexibility index (Phi) is 6.60. The van der Waals surface area contributed by atoms with Gasteiger partial charge in [-0.05, 0) is 41.5 Å². The number of rotatable bonds is 5. The monoisotopic (exact) mass is 448 g/mol. The lowest BCUT2D eigenvalue weighted by Crippen LogP contribution is -2.60. The maximum atomic E-state index is 13.3.